The van der Waals surface area contributed by atoms with Crippen LogP contribution < -0.4 is 10.1 Å². The molecule has 0 spiro atoms. The van der Waals surface area contributed by atoms with Crippen molar-refractivity contribution in [3.8, 4) is 5.75 Å². The van der Waals surface area contributed by atoms with E-state index in [1.165, 1.54) is 4.90 Å². The SMILES string of the molecule is CCCCNC(=O)C(C)N(Cc1ccc(Cl)cc1Cl)C(=O)COc1cc(C)c(Cl)c(C)c1. The number of amides is 2. The molecule has 174 valence electrons. The summed E-state index contributed by atoms with van der Waals surface area (Å²) in [5.41, 5.74) is 2.42. The fourth-order valence-corrected chi connectivity index (χ4v) is 3.75. The van der Waals surface area contributed by atoms with Crippen LogP contribution in [0, 0.1) is 13.8 Å². The first-order valence-corrected chi connectivity index (χ1v) is 11.7. The van der Waals surface area contributed by atoms with Crippen LogP contribution in [0.15, 0.2) is 30.3 Å². The van der Waals surface area contributed by atoms with Crippen molar-refractivity contribution >= 4 is 46.6 Å². The molecule has 0 aliphatic carbocycles. The Labute approximate surface area is 205 Å². The summed E-state index contributed by atoms with van der Waals surface area (Å²) in [6.45, 7) is 7.98. The molecule has 0 fully saturated rings. The predicted octanol–water partition coefficient (Wildman–Crippen LogP) is 5.98. The molecule has 0 heterocycles. The maximum absolute atomic E-state index is 13.1. The number of nitrogens with zero attached hydrogens (tertiary/aromatic N) is 1. The number of hydrogen-bond acceptors (Lipinski definition) is 3. The van der Waals surface area contributed by atoms with Gasteiger partial charge in [0.1, 0.15) is 11.8 Å². The molecule has 0 aliphatic heterocycles. The summed E-state index contributed by atoms with van der Waals surface area (Å²) in [6.07, 6.45) is 1.83. The van der Waals surface area contributed by atoms with E-state index in [0.717, 1.165) is 24.0 Å². The van der Waals surface area contributed by atoms with Gasteiger partial charge in [0.15, 0.2) is 6.61 Å². The zero-order valence-electron chi connectivity index (χ0n) is 18.8. The normalized spacial score (nSPS) is 11.7. The second-order valence-electron chi connectivity index (χ2n) is 7.74. The number of nitrogens with one attached hydrogen (secondary N) is 1. The first kappa shape index (κ1) is 26.3. The molecule has 5 nitrogen and oxygen atoms in total. The van der Waals surface area contributed by atoms with Crippen LogP contribution in [0.25, 0.3) is 0 Å². The molecule has 8 heteroatoms. The van der Waals surface area contributed by atoms with Crippen molar-refractivity contribution in [2.24, 2.45) is 0 Å². The molecule has 0 saturated carbocycles. The van der Waals surface area contributed by atoms with E-state index in [4.69, 9.17) is 39.5 Å². The van der Waals surface area contributed by atoms with Gasteiger partial charge in [-0.15, -0.1) is 0 Å². The number of ether oxygens (including phenoxy) is 1. The molecule has 0 aliphatic rings. The van der Waals surface area contributed by atoms with E-state index in [1.54, 1.807) is 37.3 Å². The van der Waals surface area contributed by atoms with Gasteiger partial charge in [0.05, 0.1) is 0 Å². The van der Waals surface area contributed by atoms with Gasteiger partial charge >= 0.3 is 0 Å². The molecule has 2 aromatic carbocycles. The lowest BCUT2D eigenvalue weighted by Crippen LogP contribution is -2.49. The van der Waals surface area contributed by atoms with Gasteiger partial charge in [0.2, 0.25) is 5.91 Å². The van der Waals surface area contributed by atoms with Gasteiger partial charge in [-0.25, -0.2) is 0 Å². The van der Waals surface area contributed by atoms with Crippen molar-refractivity contribution in [1.82, 2.24) is 10.2 Å². The van der Waals surface area contributed by atoms with Gasteiger partial charge in [0.25, 0.3) is 5.91 Å². The maximum atomic E-state index is 13.1. The minimum absolute atomic E-state index is 0.152. The second kappa shape index (κ2) is 12.3. The van der Waals surface area contributed by atoms with Gasteiger partial charge in [-0.1, -0.05) is 54.2 Å². The maximum Gasteiger partial charge on any atom is 0.261 e. The fraction of sp³-hybridized carbons (Fsp3) is 0.417. The molecule has 1 atom stereocenters. The molecule has 2 amide bonds. The molecule has 32 heavy (non-hydrogen) atoms. The average Bonchev–Trinajstić information content (AvgIpc) is 2.74. The first-order chi connectivity index (χ1) is 15.1. The Bertz CT molecular complexity index is 942. The Balaban J connectivity index is 2.20. The fourth-order valence-electron chi connectivity index (χ4n) is 3.17. The Morgan fingerprint density at radius 1 is 1.09 bits per heavy atom. The van der Waals surface area contributed by atoms with Crippen LogP contribution in [0.4, 0.5) is 0 Å². The summed E-state index contributed by atoms with van der Waals surface area (Å²) in [5, 5.41) is 4.48. The van der Waals surface area contributed by atoms with Crippen molar-refractivity contribution in [3.05, 3.63) is 62.1 Å². The zero-order valence-corrected chi connectivity index (χ0v) is 21.1. The molecule has 2 aromatic rings. The van der Waals surface area contributed by atoms with Crippen molar-refractivity contribution < 1.29 is 14.3 Å². The molecule has 1 N–H and O–H groups in total. The van der Waals surface area contributed by atoms with Gasteiger partial charge in [0, 0.05) is 28.2 Å². The Morgan fingerprint density at radius 2 is 1.75 bits per heavy atom. The van der Waals surface area contributed by atoms with Gasteiger partial charge < -0.3 is 15.0 Å². The highest BCUT2D eigenvalue weighted by Gasteiger charge is 2.27. The number of carbonyl (C=O) groups is 2. The van der Waals surface area contributed by atoms with Crippen LogP contribution >= 0.6 is 34.8 Å². The predicted molar refractivity (Wildman–Crippen MR) is 131 cm³/mol. The Hall–Kier alpha value is -1.95. The Kier molecular flexibility index (Phi) is 10.1. The van der Waals surface area contributed by atoms with Crippen LogP contribution in [-0.4, -0.2) is 35.9 Å². The van der Waals surface area contributed by atoms with E-state index in [9.17, 15) is 9.59 Å². The van der Waals surface area contributed by atoms with Crippen LogP contribution in [0.1, 0.15) is 43.4 Å². The summed E-state index contributed by atoms with van der Waals surface area (Å²) in [7, 11) is 0. The Morgan fingerprint density at radius 3 is 2.34 bits per heavy atom. The van der Waals surface area contributed by atoms with E-state index in [2.05, 4.69) is 5.32 Å². The number of benzene rings is 2. The summed E-state index contributed by atoms with van der Waals surface area (Å²) in [4.78, 5) is 27.3. The minimum atomic E-state index is -0.705. The van der Waals surface area contributed by atoms with E-state index >= 15 is 0 Å². The number of aryl methyl sites for hydroxylation is 2. The molecule has 0 radical (unpaired) electrons. The average molecular weight is 500 g/mol. The number of halogens is 3. The molecular weight excluding hydrogens is 471 g/mol. The highest BCUT2D eigenvalue weighted by atomic mass is 35.5. The van der Waals surface area contributed by atoms with E-state index in [-0.39, 0.29) is 25.0 Å². The van der Waals surface area contributed by atoms with Gasteiger partial charge in [-0.05, 0) is 68.1 Å². The highest BCUT2D eigenvalue weighted by molar-refractivity contribution is 6.35. The van der Waals surface area contributed by atoms with Crippen molar-refractivity contribution in [3.63, 3.8) is 0 Å². The van der Waals surface area contributed by atoms with Crippen molar-refractivity contribution in [2.45, 2.75) is 53.1 Å². The molecule has 1 unspecified atom stereocenters. The van der Waals surface area contributed by atoms with Crippen molar-refractivity contribution in [1.29, 1.82) is 0 Å². The number of carbonyl (C=O) groups excluding carboxylic acids is 2. The smallest absolute Gasteiger partial charge is 0.261 e. The topological polar surface area (TPSA) is 58.6 Å². The first-order valence-electron chi connectivity index (χ1n) is 10.5. The number of rotatable bonds is 10. The summed E-state index contributed by atoms with van der Waals surface area (Å²) in [5.74, 6) is -0.0169. The van der Waals surface area contributed by atoms with E-state index < -0.39 is 6.04 Å². The monoisotopic (exact) mass is 498 g/mol. The van der Waals surface area contributed by atoms with Crippen LogP contribution in [0.3, 0.4) is 0 Å². The summed E-state index contributed by atoms with van der Waals surface area (Å²) in [6, 6.07) is 7.92. The third kappa shape index (κ3) is 7.29. The quantitative estimate of drug-likeness (QED) is 0.409. The summed E-state index contributed by atoms with van der Waals surface area (Å²) < 4.78 is 5.75. The largest absolute Gasteiger partial charge is 0.484 e. The number of unbranched alkanes of at least 4 members (excludes halogenated alkanes) is 1. The van der Waals surface area contributed by atoms with Crippen LogP contribution in [-0.2, 0) is 16.1 Å². The minimum Gasteiger partial charge on any atom is -0.484 e. The standard InChI is InChI=1S/C24H29Cl3N2O3/c1-5-6-9-28-24(31)17(4)29(13-18-7-8-19(25)12-21(18)26)22(30)14-32-20-10-15(2)23(27)16(3)11-20/h7-8,10-12,17H,5-6,9,13-14H2,1-4H3,(H,28,31). The van der Waals surface area contributed by atoms with Crippen molar-refractivity contribution in [2.75, 3.05) is 13.2 Å². The van der Waals surface area contributed by atoms with Gasteiger partial charge in [-0.3, -0.25) is 9.59 Å². The second-order valence-corrected chi connectivity index (χ2v) is 8.96. The third-order valence-electron chi connectivity index (χ3n) is 5.12. The lowest BCUT2D eigenvalue weighted by Gasteiger charge is -2.29. The lowest BCUT2D eigenvalue weighted by atomic mass is 10.1. The molecule has 0 bridgehead atoms. The van der Waals surface area contributed by atoms with Crippen LogP contribution in [0.5, 0.6) is 5.75 Å². The number of hydrogen-bond donors (Lipinski definition) is 1. The van der Waals surface area contributed by atoms with Gasteiger partial charge in [-0.2, -0.15) is 0 Å². The lowest BCUT2D eigenvalue weighted by molar-refractivity contribution is -0.142. The van der Waals surface area contributed by atoms with E-state index in [1.807, 2.05) is 20.8 Å². The molecular formula is C24H29Cl3N2O3. The zero-order chi connectivity index (χ0) is 23.8. The molecule has 0 aromatic heterocycles. The van der Waals surface area contributed by atoms with Crippen LogP contribution in [0.2, 0.25) is 15.1 Å². The highest BCUT2D eigenvalue weighted by Crippen LogP contribution is 2.26. The molecule has 2 rings (SSSR count). The third-order valence-corrected chi connectivity index (χ3v) is 6.31. The molecule has 0 saturated heterocycles. The summed E-state index contributed by atoms with van der Waals surface area (Å²) >= 11 is 18.5. The van der Waals surface area contributed by atoms with E-state index in [0.29, 0.717) is 32.9 Å².